The van der Waals surface area contributed by atoms with Crippen molar-refractivity contribution in [2.75, 3.05) is 27.9 Å². The number of amides is 1. The van der Waals surface area contributed by atoms with Crippen LogP contribution in [-0.4, -0.2) is 49.7 Å². The zero-order valence-corrected chi connectivity index (χ0v) is 21.1. The summed E-state index contributed by atoms with van der Waals surface area (Å²) in [6, 6.07) is 12.6. The van der Waals surface area contributed by atoms with E-state index in [0.717, 1.165) is 22.6 Å². The molecule has 1 amide bonds. The molecule has 8 heteroatoms. The van der Waals surface area contributed by atoms with E-state index in [-0.39, 0.29) is 18.4 Å². The lowest BCUT2D eigenvalue weighted by Crippen LogP contribution is -2.30. The molecule has 0 aliphatic carbocycles. The van der Waals surface area contributed by atoms with E-state index in [1.165, 1.54) is 7.11 Å². The maximum absolute atomic E-state index is 13.7. The molecule has 1 heterocycles. The Morgan fingerprint density at radius 2 is 1.57 bits per heavy atom. The molecule has 0 saturated carbocycles. The summed E-state index contributed by atoms with van der Waals surface area (Å²) in [4.78, 5) is 31.1. The van der Waals surface area contributed by atoms with Crippen LogP contribution in [0.3, 0.4) is 0 Å². The lowest BCUT2D eigenvalue weighted by atomic mass is 10.1. The van der Waals surface area contributed by atoms with Crippen molar-refractivity contribution in [3.63, 3.8) is 0 Å². The third-order valence-corrected chi connectivity index (χ3v) is 5.82. The average molecular weight is 481 g/mol. The highest BCUT2D eigenvalue weighted by atomic mass is 16.5. The van der Waals surface area contributed by atoms with Gasteiger partial charge in [-0.15, -0.1) is 0 Å². The van der Waals surface area contributed by atoms with Crippen molar-refractivity contribution in [2.45, 2.75) is 33.9 Å². The largest absolute Gasteiger partial charge is 0.497 e. The van der Waals surface area contributed by atoms with Crippen LogP contribution in [0.5, 0.6) is 17.2 Å². The van der Waals surface area contributed by atoms with E-state index in [0.29, 0.717) is 41.5 Å². The van der Waals surface area contributed by atoms with Gasteiger partial charge in [0.15, 0.2) is 11.5 Å². The Kier molecular flexibility index (Phi) is 8.41. The van der Waals surface area contributed by atoms with E-state index < -0.39 is 0 Å². The van der Waals surface area contributed by atoms with Gasteiger partial charge in [-0.25, -0.2) is 4.79 Å². The van der Waals surface area contributed by atoms with Gasteiger partial charge < -0.3 is 28.8 Å². The van der Waals surface area contributed by atoms with Gasteiger partial charge in [-0.3, -0.25) is 4.79 Å². The lowest BCUT2D eigenvalue weighted by Gasteiger charge is -2.24. The van der Waals surface area contributed by atoms with Gasteiger partial charge in [0, 0.05) is 23.5 Å². The Balaban J connectivity index is 1.98. The molecule has 2 aromatic carbocycles. The van der Waals surface area contributed by atoms with Crippen molar-refractivity contribution in [1.29, 1.82) is 0 Å². The van der Waals surface area contributed by atoms with Gasteiger partial charge in [-0.2, -0.15) is 0 Å². The number of hydrogen-bond acceptors (Lipinski definition) is 6. The second-order valence-electron chi connectivity index (χ2n) is 8.03. The van der Waals surface area contributed by atoms with E-state index in [4.69, 9.17) is 18.9 Å². The number of hydrogen-bond donors (Lipinski definition) is 1. The molecule has 1 aromatic heterocycles. The molecule has 0 spiro atoms. The van der Waals surface area contributed by atoms with Gasteiger partial charge in [0.1, 0.15) is 5.75 Å². The highest BCUT2D eigenvalue weighted by Crippen LogP contribution is 2.29. The first-order chi connectivity index (χ1) is 16.8. The number of ether oxygens (including phenoxy) is 4. The van der Waals surface area contributed by atoms with Crippen LogP contribution in [0.4, 0.5) is 0 Å². The predicted octanol–water partition coefficient (Wildman–Crippen LogP) is 4.68. The second-order valence-corrected chi connectivity index (χ2v) is 8.03. The van der Waals surface area contributed by atoms with Crippen LogP contribution >= 0.6 is 0 Å². The fraction of sp³-hybridized carbons (Fsp3) is 0.333. The van der Waals surface area contributed by atoms with Crippen molar-refractivity contribution < 1.29 is 28.5 Å². The van der Waals surface area contributed by atoms with Gasteiger partial charge >= 0.3 is 5.97 Å². The minimum Gasteiger partial charge on any atom is -0.497 e. The number of carbonyl (C=O) groups excluding carboxylic acids is 2. The standard InChI is InChI=1S/C27H32N2O6/c1-7-35-27(31)25-17(2)22(28-18(25)3)16-29(15-19-8-11-21(32-4)12-9-19)26(30)20-10-13-23(33-5)24(14-20)34-6/h8-14,28H,7,15-16H2,1-6H3. The van der Waals surface area contributed by atoms with Crippen LogP contribution in [0.15, 0.2) is 42.5 Å². The Labute approximate surface area is 205 Å². The second kappa shape index (κ2) is 11.5. The van der Waals surface area contributed by atoms with Crippen LogP contribution in [0, 0.1) is 13.8 Å². The molecule has 0 bridgehead atoms. The fourth-order valence-corrected chi connectivity index (χ4v) is 3.98. The first-order valence-electron chi connectivity index (χ1n) is 11.3. The molecule has 3 aromatic rings. The number of H-pyrrole nitrogens is 1. The smallest absolute Gasteiger partial charge is 0.340 e. The summed E-state index contributed by atoms with van der Waals surface area (Å²) < 4.78 is 21.2. The Morgan fingerprint density at radius 1 is 0.886 bits per heavy atom. The molecule has 35 heavy (non-hydrogen) atoms. The van der Waals surface area contributed by atoms with E-state index in [1.807, 2.05) is 38.1 Å². The molecule has 1 N–H and O–H groups in total. The number of methoxy groups -OCH3 is 3. The number of carbonyl (C=O) groups is 2. The summed E-state index contributed by atoms with van der Waals surface area (Å²) in [5.74, 6) is 1.19. The molecule has 8 nitrogen and oxygen atoms in total. The van der Waals surface area contributed by atoms with Gasteiger partial charge in [-0.05, 0) is 62.2 Å². The summed E-state index contributed by atoms with van der Waals surface area (Å²) in [5.41, 5.74) is 4.14. The zero-order valence-electron chi connectivity index (χ0n) is 21.1. The van der Waals surface area contributed by atoms with Crippen LogP contribution in [0.1, 0.15) is 50.2 Å². The van der Waals surface area contributed by atoms with Crippen molar-refractivity contribution in [3.8, 4) is 17.2 Å². The van der Waals surface area contributed by atoms with Crippen molar-refractivity contribution in [1.82, 2.24) is 9.88 Å². The van der Waals surface area contributed by atoms with Crippen LogP contribution in [-0.2, 0) is 17.8 Å². The van der Waals surface area contributed by atoms with Gasteiger partial charge in [0.05, 0.1) is 40.0 Å². The number of aryl methyl sites for hydroxylation is 1. The van der Waals surface area contributed by atoms with Gasteiger partial charge in [0.25, 0.3) is 5.91 Å². The molecule has 0 aliphatic rings. The fourth-order valence-electron chi connectivity index (χ4n) is 3.98. The number of aromatic amines is 1. The minimum absolute atomic E-state index is 0.189. The molecule has 186 valence electrons. The number of nitrogens with zero attached hydrogens (tertiary/aromatic N) is 1. The number of esters is 1. The Bertz CT molecular complexity index is 1180. The molecule has 0 aliphatic heterocycles. The molecule has 0 unspecified atom stereocenters. The topological polar surface area (TPSA) is 90.1 Å². The minimum atomic E-state index is -0.377. The molecule has 0 fully saturated rings. The summed E-state index contributed by atoms with van der Waals surface area (Å²) in [6.07, 6.45) is 0. The summed E-state index contributed by atoms with van der Waals surface area (Å²) in [5, 5.41) is 0. The van der Waals surface area contributed by atoms with Crippen molar-refractivity contribution in [2.24, 2.45) is 0 Å². The zero-order chi connectivity index (χ0) is 25.5. The number of benzene rings is 2. The maximum atomic E-state index is 13.7. The van der Waals surface area contributed by atoms with Gasteiger partial charge in [-0.1, -0.05) is 12.1 Å². The maximum Gasteiger partial charge on any atom is 0.340 e. The summed E-state index contributed by atoms with van der Waals surface area (Å²) in [6.45, 7) is 6.37. The van der Waals surface area contributed by atoms with Crippen LogP contribution in [0.25, 0.3) is 0 Å². The highest BCUT2D eigenvalue weighted by Gasteiger charge is 2.24. The molecular formula is C27H32N2O6. The van der Waals surface area contributed by atoms with E-state index in [9.17, 15) is 9.59 Å². The van der Waals surface area contributed by atoms with Crippen LogP contribution in [0.2, 0.25) is 0 Å². The number of aromatic nitrogens is 1. The Hall–Kier alpha value is -3.94. The molecular weight excluding hydrogens is 448 g/mol. The van der Waals surface area contributed by atoms with Gasteiger partial charge in [0.2, 0.25) is 0 Å². The number of rotatable bonds is 10. The summed E-state index contributed by atoms with van der Waals surface area (Å²) in [7, 11) is 4.69. The summed E-state index contributed by atoms with van der Waals surface area (Å²) >= 11 is 0. The number of nitrogens with one attached hydrogen (secondary N) is 1. The molecule has 3 rings (SSSR count). The van der Waals surface area contributed by atoms with Crippen molar-refractivity contribution in [3.05, 3.63) is 76.1 Å². The normalized spacial score (nSPS) is 10.6. The SMILES string of the molecule is CCOC(=O)c1c(C)[nH]c(CN(Cc2ccc(OC)cc2)C(=O)c2ccc(OC)c(OC)c2)c1C. The lowest BCUT2D eigenvalue weighted by molar-refractivity contribution is 0.0524. The molecule has 0 atom stereocenters. The first-order valence-corrected chi connectivity index (χ1v) is 11.3. The molecule has 0 saturated heterocycles. The third kappa shape index (κ3) is 5.77. The third-order valence-electron chi connectivity index (χ3n) is 5.82. The van der Waals surface area contributed by atoms with Crippen molar-refractivity contribution >= 4 is 11.9 Å². The monoisotopic (exact) mass is 480 g/mol. The van der Waals surface area contributed by atoms with Crippen LogP contribution < -0.4 is 14.2 Å². The van der Waals surface area contributed by atoms with E-state index in [2.05, 4.69) is 4.98 Å². The quantitative estimate of drug-likeness (QED) is 0.424. The van der Waals surface area contributed by atoms with E-state index in [1.54, 1.807) is 44.2 Å². The predicted molar refractivity (Wildman–Crippen MR) is 132 cm³/mol. The average Bonchev–Trinajstić information content (AvgIpc) is 3.15. The van der Waals surface area contributed by atoms with E-state index >= 15 is 0 Å². The Morgan fingerprint density at radius 3 is 2.17 bits per heavy atom. The first kappa shape index (κ1) is 25.7. The highest BCUT2D eigenvalue weighted by molar-refractivity contribution is 5.95. The molecule has 0 radical (unpaired) electrons.